The molecule has 60 heavy (non-hydrogen) atoms. The van der Waals surface area contributed by atoms with Crippen LogP contribution >= 0.6 is 23.2 Å². The smallest absolute Gasteiger partial charge is 0.297 e. The third-order valence-electron chi connectivity index (χ3n) is 7.67. The topological polar surface area (TPSA) is 150 Å². The lowest BCUT2D eigenvalue weighted by molar-refractivity contribution is 0.0907. The molecule has 0 saturated carbocycles. The van der Waals surface area contributed by atoms with Crippen LogP contribution in [0.5, 0.6) is 11.5 Å². The molecule has 0 aliphatic rings. The van der Waals surface area contributed by atoms with Crippen molar-refractivity contribution in [3.05, 3.63) is 144 Å². The predicted octanol–water partition coefficient (Wildman–Crippen LogP) is 8.18. The van der Waals surface area contributed by atoms with E-state index in [2.05, 4.69) is 19.1 Å². The van der Waals surface area contributed by atoms with Gasteiger partial charge in [-0.2, -0.15) is 18.6 Å². The molecule has 2 heterocycles. The van der Waals surface area contributed by atoms with Gasteiger partial charge in [0, 0.05) is 0 Å². The van der Waals surface area contributed by atoms with Crippen molar-refractivity contribution >= 4 is 33.3 Å². The summed E-state index contributed by atoms with van der Waals surface area (Å²) >= 11 is 12.2. The standard InChI is InChI=1S/C25H29ClN2O6S.C18H22ClFN2O3/c1-18-5-11-21(12-6-18)35(30,31)34-14-13-32-16-19-7-9-20(10-8-19)17-33-22-15-27-28(25(2,3)4)24(29)23(22)26;1-18(2,3)22-17(23)16(19)15(10-21-22)25-12-14-6-4-13(5-7-14)11-24-9-8-20/h5-12,15H,13-14,16-17H2,1-4H3;4-7,10H,8-9,11-12H2,1-3H3/i13D2,14D2,17D2;8D2,9D2,12D2. The average Bonchev–Trinajstić information content (AvgIpc) is 3.24. The first kappa shape index (κ1) is 33.0. The minimum absolute atomic E-state index is 0.0168. The quantitative estimate of drug-likeness (QED) is 0.0832. The van der Waals surface area contributed by atoms with Gasteiger partial charge in [0.1, 0.15) is 19.7 Å². The molecule has 0 atom stereocenters. The van der Waals surface area contributed by atoms with Crippen LogP contribution in [0.4, 0.5) is 4.39 Å². The van der Waals surface area contributed by atoms with Crippen molar-refractivity contribution in [2.24, 2.45) is 0 Å². The lowest BCUT2D eigenvalue weighted by Gasteiger charge is -2.21. The SMILES string of the molecule is [2H]C([2H])(Oc1cnn(C(C)(C)C)c(=O)c1Cl)c1ccc(COC([2H])([2H])C([2H])([2H])F)cc1.[2H]C([2H])(Oc1cnn(C(C)(C)C)c(=O)c1Cl)c1ccc(COC([2H])([2H])C([2H])([2H])OS(=O)(=O)c2ccc(C)cc2)cc1. The molecule has 0 N–H and O–H groups in total. The molecule has 5 rings (SSSR count). The number of aromatic nitrogens is 4. The van der Waals surface area contributed by atoms with Crippen molar-refractivity contribution < 1.29 is 52.4 Å². The predicted molar refractivity (Wildman–Crippen MR) is 228 cm³/mol. The molecule has 13 nitrogen and oxygen atoms in total. The van der Waals surface area contributed by atoms with E-state index in [0.717, 1.165) is 27.3 Å². The maximum absolute atomic E-state index is 13.2. The molecule has 5 aromatic rings. The third-order valence-corrected chi connectivity index (χ3v) is 9.52. The number of ether oxygens (including phenoxy) is 4. The van der Waals surface area contributed by atoms with Crippen molar-refractivity contribution in [3.8, 4) is 11.5 Å². The van der Waals surface area contributed by atoms with Gasteiger partial charge in [-0.15, -0.1) is 0 Å². The van der Waals surface area contributed by atoms with E-state index in [-0.39, 0.29) is 37.6 Å². The summed E-state index contributed by atoms with van der Waals surface area (Å²) in [5.41, 5.74) is -1.08. The highest BCUT2D eigenvalue weighted by Gasteiger charge is 2.21. The number of hydrogen-bond donors (Lipinski definition) is 0. The summed E-state index contributed by atoms with van der Waals surface area (Å²) in [5.74, 6) is -0.492. The summed E-state index contributed by atoms with van der Waals surface area (Å²) < 4.78 is 158. The molecule has 3 aromatic carbocycles. The van der Waals surface area contributed by atoms with E-state index in [4.69, 9.17) is 53.9 Å². The first-order valence-corrected chi connectivity index (χ1v) is 19.9. The van der Waals surface area contributed by atoms with E-state index in [1.165, 1.54) is 72.8 Å². The van der Waals surface area contributed by atoms with E-state index < -0.39 is 84.9 Å². The molecule has 17 heteroatoms. The number of rotatable bonds is 17. The molecule has 0 radical (unpaired) electrons. The van der Waals surface area contributed by atoms with Gasteiger partial charge in [-0.05, 0) is 82.9 Å². The first-order chi connectivity index (χ1) is 32.6. The lowest BCUT2D eigenvalue weighted by Crippen LogP contribution is -2.36. The van der Waals surface area contributed by atoms with E-state index in [1.54, 1.807) is 48.5 Å². The molecule has 0 unspecified atom stereocenters. The number of aryl methyl sites for hydroxylation is 1. The number of benzene rings is 3. The molecular weight excluding hydrogens is 838 g/mol. The molecule has 324 valence electrons. The lowest BCUT2D eigenvalue weighted by atomic mass is 10.1. The normalized spacial score (nSPS) is 16.2. The minimum atomic E-state index is -4.65. The van der Waals surface area contributed by atoms with Gasteiger partial charge in [0.15, 0.2) is 21.5 Å². The summed E-state index contributed by atoms with van der Waals surface area (Å²) in [7, 11) is -4.65. The van der Waals surface area contributed by atoms with Crippen LogP contribution in [0.15, 0.2) is 99.7 Å². The Morgan fingerprint density at radius 3 is 1.45 bits per heavy atom. The zero-order valence-corrected chi connectivity index (χ0v) is 35.8. The molecular formula is C43H51Cl2FN4O9S. The van der Waals surface area contributed by atoms with Gasteiger partial charge < -0.3 is 18.9 Å². The Morgan fingerprint density at radius 2 is 1.05 bits per heavy atom. The minimum Gasteiger partial charge on any atom is -0.485 e. The number of hydrogen-bond acceptors (Lipinski definition) is 11. The van der Waals surface area contributed by atoms with Gasteiger partial charge in [0.2, 0.25) is 0 Å². The van der Waals surface area contributed by atoms with E-state index in [0.29, 0.717) is 11.1 Å². The van der Waals surface area contributed by atoms with Gasteiger partial charge in [-0.3, -0.25) is 13.8 Å². The van der Waals surface area contributed by atoms with E-state index in [1.807, 2.05) is 0 Å². The number of alkyl halides is 1. The maximum Gasteiger partial charge on any atom is 0.297 e. The fraction of sp³-hybridized carbons (Fsp3) is 0.395. The van der Waals surface area contributed by atoms with Crippen molar-refractivity contribution in [1.82, 2.24) is 19.6 Å². The van der Waals surface area contributed by atoms with Crippen LogP contribution < -0.4 is 20.6 Å². The second-order valence-electron chi connectivity index (χ2n) is 14.6. The molecule has 0 bridgehead atoms. The van der Waals surface area contributed by atoms with Crippen LogP contribution in [-0.2, 0) is 61.2 Å². The van der Waals surface area contributed by atoms with E-state index in [9.17, 15) is 22.4 Å². The summed E-state index contributed by atoms with van der Waals surface area (Å²) in [6.45, 7) is -6.95. The van der Waals surface area contributed by atoms with Crippen LogP contribution in [0, 0.1) is 6.92 Å². The molecule has 2 aromatic heterocycles. The Balaban J connectivity index is 0.000000325. The zero-order valence-electron chi connectivity index (χ0n) is 45.5. The Bertz CT molecular complexity index is 2930. The fourth-order valence-electron chi connectivity index (χ4n) is 4.62. The maximum atomic E-state index is 13.2. The van der Waals surface area contributed by atoms with Gasteiger partial charge in [-0.1, -0.05) is 89.4 Å². The fourth-order valence-corrected chi connectivity index (χ4v) is 5.66. The summed E-state index contributed by atoms with van der Waals surface area (Å²) in [6, 6.07) is 16.2. The Morgan fingerprint density at radius 1 is 0.650 bits per heavy atom. The second-order valence-corrected chi connectivity index (χ2v) is 16.9. The number of nitrogens with zero attached hydrogens (tertiary/aromatic N) is 4. The average molecular weight is 902 g/mol. The zero-order chi connectivity index (χ0) is 54.8. The Labute approximate surface area is 376 Å². The highest BCUT2D eigenvalue weighted by Crippen LogP contribution is 2.23. The van der Waals surface area contributed by atoms with Crippen LogP contribution in [-0.4, -0.2) is 54.3 Å². The van der Waals surface area contributed by atoms with Crippen molar-refractivity contribution in [2.45, 2.75) is 90.8 Å². The van der Waals surface area contributed by atoms with Crippen molar-refractivity contribution in [3.63, 3.8) is 0 Å². The van der Waals surface area contributed by atoms with Crippen LogP contribution in [0.3, 0.4) is 0 Å². The highest BCUT2D eigenvalue weighted by atomic mass is 35.5. The highest BCUT2D eigenvalue weighted by molar-refractivity contribution is 7.86. The third kappa shape index (κ3) is 14.2. The van der Waals surface area contributed by atoms with Gasteiger partial charge in [0.25, 0.3) is 21.2 Å². The van der Waals surface area contributed by atoms with Crippen LogP contribution in [0.1, 0.15) is 85.8 Å². The molecule has 0 aliphatic heterocycles. The first-order valence-electron chi connectivity index (χ1n) is 23.7. The molecule has 0 aliphatic carbocycles. The molecule has 0 saturated heterocycles. The van der Waals surface area contributed by atoms with Crippen LogP contribution in [0.25, 0.3) is 0 Å². The van der Waals surface area contributed by atoms with Gasteiger partial charge in [-0.25, -0.2) is 13.8 Å². The summed E-state index contributed by atoms with van der Waals surface area (Å²) in [4.78, 5) is 24.6. The van der Waals surface area contributed by atoms with Crippen molar-refractivity contribution in [2.75, 3.05) is 26.3 Å². The molecule has 0 amide bonds. The van der Waals surface area contributed by atoms with Gasteiger partial charge in [0.05, 0.1) is 77.7 Å². The number of halogens is 3. The van der Waals surface area contributed by atoms with E-state index >= 15 is 0 Å². The second kappa shape index (κ2) is 21.7. The molecule has 0 spiro atoms. The monoisotopic (exact) mass is 900 g/mol. The summed E-state index contributed by atoms with van der Waals surface area (Å²) in [5, 5.41) is 7.33. The Hall–Kier alpha value is -4.64. The molecule has 0 fully saturated rings. The van der Waals surface area contributed by atoms with Crippen molar-refractivity contribution in [1.29, 1.82) is 0 Å². The van der Waals surface area contributed by atoms with Gasteiger partial charge >= 0.3 is 0 Å². The largest absolute Gasteiger partial charge is 0.485 e. The Kier molecular flexibility index (Phi) is 12.0. The summed E-state index contributed by atoms with van der Waals surface area (Å²) in [6.07, 6.45) is 2.30. The van der Waals surface area contributed by atoms with Crippen LogP contribution in [0.2, 0.25) is 10.0 Å².